The van der Waals surface area contributed by atoms with Crippen LogP contribution in [0.5, 0.6) is 0 Å². The average Bonchev–Trinajstić information content (AvgIpc) is 3.23. The Balaban J connectivity index is 1.09. The quantitative estimate of drug-likeness (QED) is 0.662. The van der Waals surface area contributed by atoms with Gasteiger partial charge in [0.1, 0.15) is 5.82 Å². The summed E-state index contributed by atoms with van der Waals surface area (Å²) in [6.45, 7) is 4.93. The number of likely N-dealkylation sites (tertiary alicyclic amines) is 1. The normalized spacial score (nSPS) is 22.5. The van der Waals surface area contributed by atoms with Crippen LogP contribution in [0.3, 0.4) is 0 Å². The lowest BCUT2D eigenvalue weighted by atomic mass is 9.70. The number of nitrogens with zero attached hydrogens (tertiary/aromatic N) is 6. The molecule has 3 aliphatic rings. The Labute approximate surface area is 178 Å². The molecule has 1 saturated carbocycles. The number of imidazole rings is 1. The third kappa shape index (κ3) is 3.27. The van der Waals surface area contributed by atoms with Crippen molar-refractivity contribution in [1.82, 2.24) is 24.3 Å². The highest BCUT2D eigenvalue weighted by atomic mass is 15.2. The second kappa shape index (κ2) is 7.34. The molecule has 0 bridgehead atoms. The SMILES string of the molecule is c1cn2cc(-c3ccc(N4CCC5(CC4)CCN(C4CCC4)CC5)nc3)cnc2n1. The number of fused-ring (bicyclic) bond motifs is 1. The lowest BCUT2D eigenvalue weighted by molar-refractivity contribution is 0.0305. The number of rotatable bonds is 3. The average molecular weight is 403 g/mol. The van der Waals surface area contributed by atoms with E-state index in [1.54, 1.807) is 6.20 Å². The van der Waals surface area contributed by atoms with Gasteiger partial charge in [0.15, 0.2) is 0 Å². The van der Waals surface area contributed by atoms with Crippen molar-refractivity contribution < 1.29 is 0 Å². The third-order valence-corrected chi connectivity index (χ3v) is 7.92. The molecule has 30 heavy (non-hydrogen) atoms. The third-order valence-electron chi connectivity index (χ3n) is 7.92. The number of anilines is 1. The highest BCUT2D eigenvalue weighted by Crippen LogP contribution is 2.43. The van der Waals surface area contributed by atoms with Gasteiger partial charge in [0, 0.05) is 61.2 Å². The minimum Gasteiger partial charge on any atom is -0.357 e. The van der Waals surface area contributed by atoms with Crippen LogP contribution in [0.25, 0.3) is 16.9 Å². The van der Waals surface area contributed by atoms with Crippen molar-refractivity contribution in [3.63, 3.8) is 0 Å². The fraction of sp³-hybridized carbons (Fsp3) is 0.542. The summed E-state index contributed by atoms with van der Waals surface area (Å²) in [5.41, 5.74) is 2.75. The molecule has 1 aliphatic carbocycles. The number of piperidine rings is 2. The fourth-order valence-electron chi connectivity index (χ4n) is 5.53. The molecule has 3 aromatic heterocycles. The second-order valence-electron chi connectivity index (χ2n) is 9.49. The van der Waals surface area contributed by atoms with Crippen LogP contribution in [0.1, 0.15) is 44.9 Å². The summed E-state index contributed by atoms with van der Waals surface area (Å²) in [5, 5.41) is 0. The molecule has 156 valence electrons. The van der Waals surface area contributed by atoms with Crippen LogP contribution in [-0.2, 0) is 0 Å². The monoisotopic (exact) mass is 402 g/mol. The number of hydrogen-bond acceptors (Lipinski definition) is 5. The zero-order valence-electron chi connectivity index (χ0n) is 17.6. The van der Waals surface area contributed by atoms with Gasteiger partial charge >= 0.3 is 0 Å². The Bertz CT molecular complexity index is 1000. The van der Waals surface area contributed by atoms with Crippen LogP contribution in [0.2, 0.25) is 0 Å². The van der Waals surface area contributed by atoms with E-state index in [0.29, 0.717) is 5.41 Å². The van der Waals surface area contributed by atoms with E-state index in [-0.39, 0.29) is 0 Å². The molecule has 3 aromatic rings. The highest BCUT2D eigenvalue weighted by molar-refractivity contribution is 5.63. The Morgan fingerprint density at radius 1 is 0.833 bits per heavy atom. The van der Waals surface area contributed by atoms with E-state index in [1.165, 1.54) is 58.0 Å². The molecular weight excluding hydrogens is 372 g/mol. The van der Waals surface area contributed by atoms with Gasteiger partial charge in [-0.1, -0.05) is 6.42 Å². The van der Waals surface area contributed by atoms with E-state index < -0.39 is 0 Å². The summed E-state index contributed by atoms with van der Waals surface area (Å²) in [7, 11) is 0. The van der Waals surface area contributed by atoms with E-state index >= 15 is 0 Å². The summed E-state index contributed by atoms with van der Waals surface area (Å²) in [6, 6.07) is 5.25. The van der Waals surface area contributed by atoms with Crippen molar-refractivity contribution >= 4 is 11.6 Å². The van der Waals surface area contributed by atoms with Gasteiger partial charge in [-0.25, -0.2) is 15.0 Å². The molecule has 2 aliphatic heterocycles. The molecule has 0 unspecified atom stereocenters. The smallest absolute Gasteiger partial charge is 0.233 e. The van der Waals surface area contributed by atoms with Crippen molar-refractivity contribution in [2.24, 2.45) is 5.41 Å². The standard InChI is InChI=1S/C24H30N6/c1-2-21(3-1)28-11-6-24(7-12-28)8-13-29(14-9-24)22-5-4-19(16-26-22)20-17-27-23-25-10-15-30(23)18-20/h4-5,10,15-18,21H,1-3,6-9,11-14H2. The highest BCUT2D eigenvalue weighted by Gasteiger charge is 2.39. The molecular formula is C24H30N6. The first-order chi connectivity index (χ1) is 14.8. The van der Waals surface area contributed by atoms with Crippen LogP contribution in [0.15, 0.2) is 43.1 Å². The maximum Gasteiger partial charge on any atom is 0.233 e. The predicted octanol–water partition coefficient (Wildman–Crippen LogP) is 4.03. The van der Waals surface area contributed by atoms with Gasteiger partial charge in [0.05, 0.1) is 0 Å². The Hall–Kier alpha value is -2.47. The van der Waals surface area contributed by atoms with Crippen molar-refractivity contribution in [2.45, 2.75) is 51.0 Å². The van der Waals surface area contributed by atoms with Crippen molar-refractivity contribution in [3.05, 3.63) is 43.1 Å². The molecule has 0 radical (unpaired) electrons. The van der Waals surface area contributed by atoms with Gasteiger partial charge in [-0.15, -0.1) is 0 Å². The first-order valence-electron chi connectivity index (χ1n) is 11.5. The molecule has 6 rings (SSSR count). The summed E-state index contributed by atoms with van der Waals surface area (Å²) in [6.07, 6.45) is 19.4. The molecule has 6 nitrogen and oxygen atoms in total. The minimum absolute atomic E-state index is 0.586. The molecule has 0 atom stereocenters. The predicted molar refractivity (Wildman–Crippen MR) is 119 cm³/mol. The van der Waals surface area contributed by atoms with E-state index in [9.17, 15) is 0 Å². The number of hydrogen-bond donors (Lipinski definition) is 0. The lowest BCUT2D eigenvalue weighted by Gasteiger charge is -2.50. The molecule has 2 saturated heterocycles. The molecule has 0 amide bonds. The molecule has 6 heteroatoms. The van der Waals surface area contributed by atoms with Crippen LogP contribution < -0.4 is 4.90 Å². The summed E-state index contributed by atoms with van der Waals surface area (Å²) < 4.78 is 1.95. The first kappa shape index (κ1) is 18.3. The molecule has 5 heterocycles. The van der Waals surface area contributed by atoms with Gasteiger partial charge in [-0.05, 0) is 69.2 Å². The Kier molecular flexibility index (Phi) is 4.48. The van der Waals surface area contributed by atoms with E-state index in [4.69, 9.17) is 4.98 Å². The lowest BCUT2D eigenvalue weighted by Crippen LogP contribution is -2.51. The zero-order chi connectivity index (χ0) is 20.0. The largest absolute Gasteiger partial charge is 0.357 e. The van der Waals surface area contributed by atoms with E-state index in [0.717, 1.165) is 41.9 Å². The van der Waals surface area contributed by atoms with Crippen molar-refractivity contribution in [1.29, 1.82) is 0 Å². The van der Waals surface area contributed by atoms with Crippen molar-refractivity contribution in [2.75, 3.05) is 31.1 Å². The zero-order valence-corrected chi connectivity index (χ0v) is 17.6. The van der Waals surface area contributed by atoms with Crippen molar-refractivity contribution in [3.8, 4) is 11.1 Å². The van der Waals surface area contributed by atoms with Gasteiger partial charge in [0.2, 0.25) is 5.78 Å². The molecule has 0 aromatic carbocycles. The molecule has 1 spiro atoms. The number of pyridine rings is 1. The summed E-state index contributed by atoms with van der Waals surface area (Å²) in [4.78, 5) is 18.7. The van der Waals surface area contributed by atoms with E-state index in [2.05, 4.69) is 38.1 Å². The van der Waals surface area contributed by atoms with Crippen LogP contribution in [-0.4, -0.2) is 56.5 Å². The topological polar surface area (TPSA) is 49.6 Å². The molecule has 3 fully saturated rings. The summed E-state index contributed by atoms with van der Waals surface area (Å²) in [5.74, 6) is 1.83. The Morgan fingerprint density at radius 2 is 1.60 bits per heavy atom. The van der Waals surface area contributed by atoms with Crippen LogP contribution >= 0.6 is 0 Å². The maximum absolute atomic E-state index is 4.80. The van der Waals surface area contributed by atoms with Gasteiger partial charge in [-0.2, -0.15) is 0 Å². The van der Waals surface area contributed by atoms with Crippen LogP contribution in [0.4, 0.5) is 5.82 Å². The fourth-order valence-corrected chi connectivity index (χ4v) is 5.53. The van der Waals surface area contributed by atoms with Gasteiger partial charge in [0.25, 0.3) is 0 Å². The first-order valence-corrected chi connectivity index (χ1v) is 11.5. The number of aromatic nitrogens is 4. The summed E-state index contributed by atoms with van der Waals surface area (Å²) >= 11 is 0. The maximum atomic E-state index is 4.80. The van der Waals surface area contributed by atoms with Gasteiger partial charge < -0.3 is 9.80 Å². The minimum atomic E-state index is 0.586. The Morgan fingerprint density at radius 3 is 2.30 bits per heavy atom. The van der Waals surface area contributed by atoms with Gasteiger partial charge in [-0.3, -0.25) is 4.40 Å². The van der Waals surface area contributed by atoms with Crippen LogP contribution in [0, 0.1) is 5.41 Å². The van der Waals surface area contributed by atoms with E-state index in [1.807, 2.05) is 23.0 Å². The molecule has 0 N–H and O–H groups in total. The second-order valence-corrected chi connectivity index (χ2v) is 9.49.